The normalized spacial score (nSPS) is 16.5. The summed E-state index contributed by atoms with van der Waals surface area (Å²) in [4.78, 5) is 0.324. The zero-order valence-electron chi connectivity index (χ0n) is 12.0. The quantitative estimate of drug-likeness (QED) is 0.802. The second-order valence-electron chi connectivity index (χ2n) is 5.42. The van der Waals surface area contributed by atoms with Crippen molar-refractivity contribution >= 4 is 10.0 Å². The summed E-state index contributed by atoms with van der Waals surface area (Å²) < 4.78 is 27.0. The van der Waals surface area contributed by atoms with E-state index in [9.17, 15) is 8.42 Å². The van der Waals surface area contributed by atoms with E-state index in [0.717, 1.165) is 36.8 Å². The van der Waals surface area contributed by atoms with Crippen molar-refractivity contribution in [2.45, 2.75) is 50.5 Å². The van der Waals surface area contributed by atoms with Crippen molar-refractivity contribution in [3.8, 4) is 6.07 Å². The van der Waals surface area contributed by atoms with Gasteiger partial charge in [0.05, 0.1) is 11.0 Å². The van der Waals surface area contributed by atoms with Gasteiger partial charge in [0, 0.05) is 6.04 Å². The molecule has 0 heterocycles. The third-order valence-electron chi connectivity index (χ3n) is 3.88. The lowest BCUT2D eigenvalue weighted by molar-refractivity contribution is 0.350. The van der Waals surface area contributed by atoms with Gasteiger partial charge in [0.15, 0.2) is 0 Å². The molecule has 1 saturated carbocycles. The number of nitrogens with zero attached hydrogens (tertiary/aromatic N) is 2. The first kappa shape index (κ1) is 15.0. The third kappa shape index (κ3) is 2.87. The Balaban J connectivity index is 2.42. The van der Waals surface area contributed by atoms with Gasteiger partial charge < -0.3 is 0 Å². The Bertz CT molecular complexity index is 626. The molecule has 1 aromatic carbocycles. The molecular formula is C15H20N2O2S. The summed E-state index contributed by atoms with van der Waals surface area (Å²) in [6, 6.07) is 7.29. The molecule has 0 radical (unpaired) electrons. The summed E-state index contributed by atoms with van der Waals surface area (Å²) in [5.74, 6) is 0. The zero-order valence-corrected chi connectivity index (χ0v) is 12.8. The van der Waals surface area contributed by atoms with Crippen LogP contribution in [0.2, 0.25) is 0 Å². The maximum atomic E-state index is 12.8. The van der Waals surface area contributed by atoms with Crippen molar-refractivity contribution in [2.24, 2.45) is 0 Å². The van der Waals surface area contributed by atoms with Gasteiger partial charge in [-0.2, -0.15) is 9.57 Å². The molecule has 108 valence electrons. The van der Waals surface area contributed by atoms with Crippen LogP contribution in [0.4, 0.5) is 0 Å². The molecule has 0 bridgehead atoms. The first-order chi connectivity index (χ1) is 9.46. The zero-order chi connectivity index (χ0) is 14.8. The number of hydrogen-bond acceptors (Lipinski definition) is 3. The molecule has 20 heavy (non-hydrogen) atoms. The van der Waals surface area contributed by atoms with Crippen LogP contribution in [0.1, 0.15) is 36.8 Å². The van der Waals surface area contributed by atoms with Crippen LogP contribution in [-0.4, -0.2) is 25.3 Å². The van der Waals surface area contributed by atoms with Crippen molar-refractivity contribution in [2.75, 3.05) is 6.54 Å². The minimum Gasteiger partial charge on any atom is -0.207 e. The van der Waals surface area contributed by atoms with E-state index in [1.807, 2.05) is 19.1 Å². The molecule has 1 fully saturated rings. The molecule has 0 unspecified atom stereocenters. The second-order valence-corrected chi connectivity index (χ2v) is 7.27. The fourth-order valence-electron chi connectivity index (χ4n) is 2.89. The van der Waals surface area contributed by atoms with Crippen molar-refractivity contribution in [1.82, 2.24) is 4.31 Å². The van der Waals surface area contributed by atoms with Crippen LogP contribution in [0.15, 0.2) is 23.1 Å². The summed E-state index contributed by atoms with van der Waals surface area (Å²) in [7, 11) is -3.58. The number of aryl methyl sites for hydroxylation is 2. The lowest BCUT2D eigenvalue weighted by Gasteiger charge is -2.26. The molecule has 4 nitrogen and oxygen atoms in total. The van der Waals surface area contributed by atoms with Crippen LogP contribution in [0.5, 0.6) is 0 Å². The highest BCUT2D eigenvalue weighted by molar-refractivity contribution is 7.89. The minimum atomic E-state index is -3.58. The SMILES string of the molecule is Cc1ccc(S(=O)(=O)N(CC#N)C2CCCC2)c(C)c1. The van der Waals surface area contributed by atoms with E-state index in [2.05, 4.69) is 0 Å². The summed E-state index contributed by atoms with van der Waals surface area (Å²) >= 11 is 0. The molecule has 0 aliphatic heterocycles. The van der Waals surface area contributed by atoms with E-state index < -0.39 is 10.0 Å². The molecule has 0 N–H and O–H groups in total. The number of sulfonamides is 1. The Labute approximate surface area is 121 Å². The molecular weight excluding hydrogens is 272 g/mol. The number of rotatable bonds is 4. The highest BCUT2D eigenvalue weighted by atomic mass is 32.2. The Morgan fingerprint density at radius 3 is 2.50 bits per heavy atom. The van der Waals surface area contributed by atoms with E-state index in [-0.39, 0.29) is 12.6 Å². The highest BCUT2D eigenvalue weighted by Crippen LogP contribution is 2.29. The number of benzene rings is 1. The Morgan fingerprint density at radius 1 is 1.30 bits per heavy atom. The number of nitriles is 1. The van der Waals surface area contributed by atoms with Crippen LogP contribution in [-0.2, 0) is 10.0 Å². The van der Waals surface area contributed by atoms with E-state index >= 15 is 0 Å². The van der Waals surface area contributed by atoms with Crippen LogP contribution >= 0.6 is 0 Å². The molecule has 0 aromatic heterocycles. The van der Waals surface area contributed by atoms with Gasteiger partial charge in [0.2, 0.25) is 10.0 Å². The maximum absolute atomic E-state index is 12.8. The first-order valence-electron chi connectivity index (χ1n) is 6.93. The van der Waals surface area contributed by atoms with E-state index in [4.69, 9.17) is 5.26 Å². The lowest BCUT2D eigenvalue weighted by atomic mass is 10.2. The molecule has 2 rings (SSSR count). The van der Waals surface area contributed by atoms with Gasteiger partial charge in [-0.15, -0.1) is 0 Å². The molecule has 1 aromatic rings. The fraction of sp³-hybridized carbons (Fsp3) is 0.533. The standard InChI is InChI=1S/C15H20N2O2S/c1-12-7-8-15(13(2)11-12)20(18,19)17(10-9-16)14-5-3-4-6-14/h7-8,11,14H,3-6,10H2,1-2H3. The van der Waals surface area contributed by atoms with Crippen LogP contribution < -0.4 is 0 Å². The molecule has 5 heteroatoms. The highest BCUT2D eigenvalue weighted by Gasteiger charge is 2.33. The number of hydrogen-bond donors (Lipinski definition) is 0. The van der Waals surface area contributed by atoms with Gasteiger partial charge in [-0.25, -0.2) is 8.42 Å². The van der Waals surface area contributed by atoms with Crippen molar-refractivity contribution < 1.29 is 8.42 Å². The minimum absolute atomic E-state index is 0.0275. The molecule has 0 amide bonds. The van der Waals surface area contributed by atoms with Crippen molar-refractivity contribution in [3.05, 3.63) is 29.3 Å². The molecule has 0 spiro atoms. The Morgan fingerprint density at radius 2 is 1.95 bits per heavy atom. The monoisotopic (exact) mass is 292 g/mol. The summed E-state index contributed by atoms with van der Waals surface area (Å²) in [5, 5.41) is 8.96. The van der Waals surface area contributed by atoms with Crippen molar-refractivity contribution in [1.29, 1.82) is 5.26 Å². The molecule has 1 aliphatic rings. The topological polar surface area (TPSA) is 61.2 Å². The van der Waals surface area contributed by atoms with Crippen LogP contribution in [0, 0.1) is 25.2 Å². The molecule has 0 saturated heterocycles. The van der Waals surface area contributed by atoms with Crippen molar-refractivity contribution in [3.63, 3.8) is 0 Å². The largest absolute Gasteiger partial charge is 0.244 e. The van der Waals surface area contributed by atoms with Gasteiger partial charge in [0.1, 0.15) is 6.54 Å². The Hall–Kier alpha value is -1.38. The van der Waals surface area contributed by atoms with E-state index in [1.54, 1.807) is 19.1 Å². The van der Waals surface area contributed by atoms with E-state index in [0.29, 0.717) is 4.90 Å². The Kier molecular flexibility index (Phi) is 4.46. The van der Waals surface area contributed by atoms with Gasteiger partial charge in [-0.05, 0) is 38.3 Å². The van der Waals surface area contributed by atoms with Gasteiger partial charge >= 0.3 is 0 Å². The summed E-state index contributed by atoms with van der Waals surface area (Å²) in [6.45, 7) is 3.67. The van der Waals surface area contributed by atoms with Crippen LogP contribution in [0.25, 0.3) is 0 Å². The van der Waals surface area contributed by atoms with Gasteiger partial charge in [-0.3, -0.25) is 0 Å². The predicted octanol–water partition coefficient (Wildman–Crippen LogP) is 2.76. The maximum Gasteiger partial charge on any atom is 0.244 e. The van der Waals surface area contributed by atoms with Gasteiger partial charge in [-0.1, -0.05) is 30.5 Å². The van der Waals surface area contributed by atoms with E-state index in [1.165, 1.54) is 4.31 Å². The van der Waals surface area contributed by atoms with Crippen LogP contribution in [0.3, 0.4) is 0 Å². The first-order valence-corrected chi connectivity index (χ1v) is 8.37. The second kappa shape index (κ2) is 5.94. The average molecular weight is 292 g/mol. The fourth-order valence-corrected chi connectivity index (χ4v) is 4.68. The molecule has 0 atom stereocenters. The molecule has 1 aliphatic carbocycles. The van der Waals surface area contributed by atoms with Gasteiger partial charge in [0.25, 0.3) is 0 Å². The third-order valence-corrected chi connectivity index (χ3v) is 5.93. The smallest absolute Gasteiger partial charge is 0.207 e. The summed E-state index contributed by atoms with van der Waals surface area (Å²) in [6.07, 6.45) is 3.78. The predicted molar refractivity (Wildman–Crippen MR) is 77.7 cm³/mol. The average Bonchev–Trinajstić information content (AvgIpc) is 2.88. The summed E-state index contributed by atoms with van der Waals surface area (Å²) in [5.41, 5.74) is 1.78. The lowest BCUT2D eigenvalue weighted by Crippen LogP contribution is -2.39.